The summed E-state index contributed by atoms with van der Waals surface area (Å²) in [6, 6.07) is 6.73. The Balaban J connectivity index is 2.28. The molecule has 0 spiro atoms. The summed E-state index contributed by atoms with van der Waals surface area (Å²) in [6.07, 6.45) is -2.68. The van der Waals surface area contributed by atoms with Crippen LogP contribution in [-0.4, -0.2) is 11.3 Å². The second-order valence-corrected chi connectivity index (χ2v) is 4.43. The highest BCUT2D eigenvalue weighted by molar-refractivity contribution is 5.75. The van der Waals surface area contributed by atoms with E-state index >= 15 is 0 Å². The van der Waals surface area contributed by atoms with Gasteiger partial charge in [-0.05, 0) is 36.8 Å². The van der Waals surface area contributed by atoms with E-state index in [1.54, 1.807) is 25.3 Å². The third-order valence-electron chi connectivity index (χ3n) is 2.93. The van der Waals surface area contributed by atoms with Crippen molar-refractivity contribution in [1.29, 1.82) is 0 Å². The quantitative estimate of drug-likeness (QED) is 0.805. The fourth-order valence-electron chi connectivity index (χ4n) is 1.78. The minimum atomic E-state index is -4.59. The van der Waals surface area contributed by atoms with Crippen molar-refractivity contribution in [2.75, 3.05) is 0 Å². The zero-order chi connectivity index (χ0) is 15.5. The molecule has 0 N–H and O–H groups in total. The molecule has 1 heterocycles. The van der Waals surface area contributed by atoms with E-state index < -0.39 is 11.7 Å². The number of carbonyl (C=O) groups is 1. The van der Waals surface area contributed by atoms with Crippen LogP contribution in [-0.2, 0) is 12.8 Å². The van der Waals surface area contributed by atoms with Gasteiger partial charge in [-0.1, -0.05) is 6.07 Å². The Labute approximate surface area is 119 Å². The van der Waals surface area contributed by atoms with Crippen LogP contribution >= 0.6 is 0 Å². The lowest BCUT2D eigenvalue weighted by Gasteiger charge is -2.14. The second-order valence-electron chi connectivity index (χ2n) is 4.43. The van der Waals surface area contributed by atoms with Gasteiger partial charge in [0.1, 0.15) is 18.6 Å². The largest absolute Gasteiger partial charge is 0.487 e. The molecule has 110 valence electrons. The summed E-state index contributed by atoms with van der Waals surface area (Å²) in [5, 5.41) is 0. The molecule has 6 heteroatoms. The number of aldehydes is 1. The van der Waals surface area contributed by atoms with Gasteiger partial charge < -0.3 is 4.74 Å². The molecule has 21 heavy (non-hydrogen) atoms. The van der Waals surface area contributed by atoms with E-state index in [9.17, 15) is 18.0 Å². The van der Waals surface area contributed by atoms with Gasteiger partial charge in [0.05, 0.1) is 11.3 Å². The zero-order valence-corrected chi connectivity index (χ0v) is 11.1. The van der Waals surface area contributed by atoms with E-state index in [4.69, 9.17) is 4.74 Å². The van der Waals surface area contributed by atoms with Crippen molar-refractivity contribution in [3.05, 3.63) is 58.9 Å². The molecule has 2 rings (SSSR count). The molecule has 0 aliphatic heterocycles. The Morgan fingerprint density at radius 2 is 2.05 bits per heavy atom. The molecule has 2 aromatic rings. The average molecular weight is 295 g/mol. The molecule has 0 atom stereocenters. The summed E-state index contributed by atoms with van der Waals surface area (Å²) >= 11 is 0. The van der Waals surface area contributed by atoms with Gasteiger partial charge in [0.2, 0.25) is 0 Å². The minimum Gasteiger partial charge on any atom is -0.487 e. The Hall–Kier alpha value is -2.37. The van der Waals surface area contributed by atoms with Crippen molar-refractivity contribution in [2.45, 2.75) is 19.7 Å². The highest BCUT2D eigenvalue weighted by atomic mass is 19.4. The molecule has 0 saturated carbocycles. The number of hydrogen-bond donors (Lipinski definition) is 0. The number of rotatable bonds is 4. The number of benzene rings is 1. The molecule has 0 unspecified atom stereocenters. The first-order chi connectivity index (χ1) is 9.91. The van der Waals surface area contributed by atoms with Gasteiger partial charge in [-0.2, -0.15) is 13.2 Å². The molecule has 0 aliphatic rings. The molecule has 0 saturated heterocycles. The first-order valence-corrected chi connectivity index (χ1v) is 6.11. The van der Waals surface area contributed by atoms with E-state index in [0.717, 1.165) is 17.7 Å². The summed E-state index contributed by atoms with van der Waals surface area (Å²) < 4.78 is 44.1. The fourth-order valence-corrected chi connectivity index (χ4v) is 1.78. The van der Waals surface area contributed by atoms with Gasteiger partial charge in [0, 0.05) is 11.8 Å². The van der Waals surface area contributed by atoms with Crippen LogP contribution in [0.25, 0.3) is 0 Å². The molecular weight excluding hydrogens is 283 g/mol. The zero-order valence-electron chi connectivity index (χ0n) is 11.1. The molecule has 0 fully saturated rings. The van der Waals surface area contributed by atoms with Crippen molar-refractivity contribution in [1.82, 2.24) is 4.98 Å². The van der Waals surface area contributed by atoms with E-state index in [0.29, 0.717) is 12.0 Å². The lowest BCUT2D eigenvalue weighted by atomic mass is 10.1. The Kier molecular flexibility index (Phi) is 4.26. The van der Waals surface area contributed by atoms with Crippen LogP contribution in [0.2, 0.25) is 0 Å². The maximum Gasteiger partial charge on any atom is 0.419 e. The van der Waals surface area contributed by atoms with Crippen LogP contribution in [0.3, 0.4) is 0 Å². The molecular formula is C15H12F3NO2. The van der Waals surface area contributed by atoms with E-state index in [1.807, 2.05) is 0 Å². The third-order valence-corrected chi connectivity index (χ3v) is 2.93. The molecule has 0 aliphatic carbocycles. The fraction of sp³-hybridized carbons (Fsp3) is 0.200. The third kappa shape index (κ3) is 3.59. The minimum absolute atomic E-state index is 0.0521. The SMILES string of the molecule is Cc1cccnc1COc1ccc(C=O)cc1C(F)(F)F. The van der Waals surface area contributed by atoms with E-state index in [-0.39, 0.29) is 17.9 Å². The predicted molar refractivity (Wildman–Crippen MR) is 70.1 cm³/mol. The van der Waals surface area contributed by atoms with Gasteiger partial charge in [-0.3, -0.25) is 9.78 Å². The Morgan fingerprint density at radius 3 is 2.67 bits per heavy atom. The van der Waals surface area contributed by atoms with Crippen LogP contribution in [0.5, 0.6) is 5.75 Å². The summed E-state index contributed by atoms with van der Waals surface area (Å²) in [5.74, 6) is -0.321. The predicted octanol–water partition coefficient (Wildman–Crippen LogP) is 3.80. The lowest BCUT2D eigenvalue weighted by molar-refractivity contribution is -0.139. The summed E-state index contributed by atoms with van der Waals surface area (Å²) in [6.45, 7) is 1.72. The van der Waals surface area contributed by atoms with Crippen LogP contribution in [0.4, 0.5) is 13.2 Å². The first-order valence-electron chi connectivity index (χ1n) is 6.11. The maximum absolute atomic E-state index is 13.0. The lowest BCUT2D eigenvalue weighted by Crippen LogP contribution is -2.10. The summed E-state index contributed by atoms with van der Waals surface area (Å²) in [5.41, 5.74) is 0.366. The number of ether oxygens (including phenoxy) is 1. The molecule has 3 nitrogen and oxygen atoms in total. The van der Waals surface area contributed by atoms with Crippen molar-refractivity contribution >= 4 is 6.29 Å². The number of nitrogens with zero attached hydrogens (tertiary/aromatic N) is 1. The van der Waals surface area contributed by atoms with Gasteiger partial charge in [-0.25, -0.2) is 0 Å². The number of aryl methyl sites for hydroxylation is 1. The maximum atomic E-state index is 13.0. The normalized spacial score (nSPS) is 11.2. The van der Waals surface area contributed by atoms with Gasteiger partial charge in [-0.15, -0.1) is 0 Å². The van der Waals surface area contributed by atoms with Crippen LogP contribution in [0, 0.1) is 6.92 Å². The van der Waals surface area contributed by atoms with Crippen LogP contribution in [0.15, 0.2) is 36.5 Å². The first kappa shape index (κ1) is 15.0. The van der Waals surface area contributed by atoms with Gasteiger partial charge in [0.15, 0.2) is 0 Å². The average Bonchev–Trinajstić information content (AvgIpc) is 2.45. The molecule has 1 aromatic carbocycles. The number of aromatic nitrogens is 1. The standard InChI is InChI=1S/C15H12F3NO2/c1-10-3-2-6-19-13(10)9-21-14-5-4-11(8-20)7-12(14)15(16,17)18/h2-8H,9H2,1H3. The number of hydrogen-bond acceptors (Lipinski definition) is 3. The van der Waals surface area contributed by atoms with E-state index in [2.05, 4.69) is 4.98 Å². The topological polar surface area (TPSA) is 39.2 Å². The van der Waals surface area contributed by atoms with Crippen molar-refractivity contribution in [3.8, 4) is 5.75 Å². The molecule has 1 aromatic heterocycles. The van der Waals surface area contributed by atoms with Crippen molar-refractivity contribution in [2.24, 2.45) is 0 Å². The molecule has 0 amide bonds. The number of alkyl halides is 3. The van der Waals surface area contributed by atoms with Crippen LogP contribution < -0.4 is 4.74 Å². The number of halogens is 3. The van der Waals surface area contributed by atoms with Gasteiger partial charge in [0.25, 0.3) is 0 Å². The highest BCUT2D eigenvalue weighted by Crippen LogP contribution is 2.37. The van der Waals surface area contributed by atoms with E-state index in [1.165, 1.54) is 6.07 Å². The smallest absolute Gasteiger partial charge is 0.419 e. The summed E-state index contributed by atoms with van der Waals surface area (Å²) in [7, 11) is 0. The van der Waals surface area contributed by atoms with Crippen molar-refractivity contribution < 1.29 is 22.7 Å². The van der Waals surface area contributed by atoms with Gasteiger partial charge >= 0.3 is 6.18 Å². The number of pyridine rings is 1. The van der Waals surface area contributed by atoms with Crippen molar-refractivity contribution in [3.63, 3.8) is 0 Å². The summed E-state index contributed by atoms with van der Waals surface area (Å²) in [4.78, 5) is 14.7. The number of carbonyl (C=O) groups excluding carboxylic acids is 1. The molecule has 0 bridgehead atoms. The second kappa shape index (κ2) is 5.95. The Bertz CT molecular complexity index is 654. The monoisotopic (exact) mass is 295 g/mol. The Morgan fingerprint density at radius 1 is 1.29 bits per heavy atom. The highest BCUT2D eigenvalue weighted by Gasteiger charge is 2.34. The molecule has 0 radical (unpaired) electrons. The van der Waals surface area contributed by atoms with Crippen LogP contribution in [0.1, 0.15) is 27.2 Å².